The third kappa shape index (κ3) is 3.99. The van der Waals surface area contributed by atoms with Crippen molar-refractivity contribution < 1.29 is 0 Å². The van der Waals surface area contributed by atoms with Crippen molar-refractivity contribution in [3.63, 3.8) is 0 Å². The average Bonchev–Trinajstić information content (AvgIpc) is 2.73. The molecule has 146 valence electrons. The van der Waals surface area contributed by atoms with E-state index in [-0.39, 0.29) is 5.56 Å². The topological polar surface area (TPSA) is 34.9 Å². The van der Waals surface area contributed by atoms with E-state index in [9.17, 15) is 4.79 Å². The minimum absolute atomic E-state index is 0.0184. The molecule has 0 bridgehead atoms. The number of aromatic nitrogens is 2. The fourth-order valence-corrected chi connectivity index (χ4v) is 4.39. The molecule has 29 heavy (non-hydrogen) atoms. The molecule has 0 N–H and O–H groups in total. The second kappa shape index (κ2) is 8.26. The van der Waals surface area contributed by atoms with Gasteiger partial charge in [0.1, 0.15) is 0 Å². The molecule has 0 aliphatic rings. The minimum Gasteiger partial charge on any atom is -0.268 e. The molecule has 0 amide bonds. The van der Waals surface area contributed by atoms with E-state index in [1.54, 1.807) is 16.3 Å². The Morgan fingerprint density at radius 2 is 1.62 bits per heavy atom. The Bertz CT molecular complexity index is 1210. The fraction of sp³-hybridized carbons (Fsp3) is 0.200. The molecular formula is C25H24N2OS. The zero-order chi connectivity index (χ0) is 20.4. The molecule has 3 nitrogen and oxygen atoms in total. The van der Waals surface area contributed by atoms with Crippen LogP contribution >= 0.6 is 11.8 Å². The second-order valence-electron chi connectivity index (χ2n) is 7.54. The van der Waals surface area contributed by atoms with E-state index in [2.05, 4.69) is 51.1 Å². The summed E-state index contributed by atoms with van der Waals surface area (Å²) >= 11 is 1.60. The van der Waals surface area contributed by atoms with Crippen molar-refractivity contribution in [1.82, 2.24) is 9.55 Å². The van der Waals surface area contributed by atoms with Gasteiger partial charge >= 0.3 is 0 Å². The molecule has 0 atom stereocenters. The number of rotatable bonds is 5. The van der Waals surface area contributed by atoms with Crippen LogP contribution in [0.5, 0.6) is 0 Å². The van der Waals surface area contributed by atoms with Crippen LogP contribution in [0, 0.1) is 6.92 Å². The average molecular weight is 401 g/mol. The number of nitrogens with zero attached hydrogens (tertiary/aromatic N) is 2. The first-order chi connectivity index (χ1) is 14.0. The van der Waals surface area contributed by atoms with Crippen molar-refractivity contribution in [2.45, 2.75) is 37.6 Å². The summed E-state index contributed by atoms with van der Waals surface area (Å²) in [5.74, 6) is 1.06. The van der Waals surface area contributed by atoms with Gasteiger partial charge in [-0.3, -0.25) is 9.36 Å². The zero-order valence-electron chi connectivity index (χ0n) is 16.9. The second-order valence-corrected chi connectivity index (χ2v) is 8.48. The summed E-state index contributed by atoms with van der Waals surface area (Å²) in [5, 5.41) is 1.37. The molecule has 1 aromatic heterocycles. The van der Waals surface area contributed by atoms with Gasteiger partial charge in [-0.2, -0.15) is 0 Å². The molecule has 0 saturated heterocycles. The van der Waals surface area contributed by atoms with E-state index in [1.807, 2.05) is 42.5 Å². The van der Waals surface area contributed by atoms with Crippen LogP contribution in [0.4, 0.5) is 0 Å². The van der Waals surface area contributed by atoms with Crippen molar-refractivity contribution in [3.8, 4) is 5.69 Å². The highest BCUT2D eigenvalue weighted by Crippen LogP contribution is 2.28. The number of fused-ring (bicyclic) bond motifs is 1. The van der Waals surface area contributed by atoms with Gasteiger partial charge < -0.3 is 0 Å². The van der Waals surface area contributed by atoms with Crippen LogP contribution in [0.3, 0.4) is 0 Å². The van der Waals surface area contributed by atoms with Crippen molar-refractivity contribution in [2.24, 2.45) is 0 Å². The van der Waals surface area contributed by atoms with E-state index in [1.165, 1.54) is 11.1 Å². The lowest BCUT2D eigenvalue weighted by Gasteiger charge is -2.18. The van der Waals surface area contributed by atoms with Crippen molar-refractivity contribution in [1.29, 1.82) is 0 Å². The largest absolute Gasteiger partial charge is 0.268 e. The first kappa shape index (κ1) is 19.5. The van der Waals surface area contributed by atoms with Crippen molar-refractivity contribution in [3.05, 3.63) is 99.8 Å². The number of hydrogen-bond acceptors (Lipinski definition) is 3. The normalized spacial score (nSPS) is 11.3. The summed E-state index contributed by atoms with van der Waals surface area (Å²) in [6, 6.07) is 24.2. The van der Waals surface area contributed by atoms with Crippen LogP contribution in [0.25, 0.3) is 16.6 Å². The number of para-hydroxylation sites is 2. The van der Waals surface area contributed by atoms with Crippen LogP contribution in [-0.4, -0.2) is 9.55 Å². The number of hydrogen-bond donors (Lipinski definition) is 0. The Hall–Kier alpha value is -2.85. The summed E-state index contributed by atoms with van der Waals surface area (Å²) in [5.41, 5.74) is 5.23. The molecule has 4 rings (SSSR count). The van der Waals surface area contributed by atoms with Gasteiger partial charge in [0.15, 0.2) is 5.16 Å². The molecule has 0 spiro atoms. The highest BCUT2D eigenvalue weighted by atomic mass is 32.2. The Labute approximate surface area is 175 Å². The highest BCUT2D eigenvalue weighted by Gasteiger charge is 2.17. The van der Waals surface area contributed by atoms with E-state index in [0.29, 0.717) is 11.3 Å². The predicted molar refractivity (Wildman–Crippen MR) is 122 cm³/mol. The van der Waals surface area contributed by atoms with Crippen LogP contribution in [0.2, 0.25) is 0 Å². The minimum atomic E-state index is -0.0184. The van der Waals surface area contributed by atoms with Crippen molar-refractivity contribution in [2.75, 3.05) is 0 Å². The fourth-order valence-electron chi connectivity index (χ4n) is 3.43. The maximum absolute atomic E-state index is 13.5. The monoisotopic (exact) mass is 400 g/mol. The Morgan fingerprint density at radius 1 is 0.931 bits per heavy atom. The molecule has 0 fully saturated rings. The third-order valence-corrected chi connectivity index (χ3v) is 6.04. The van der Waals surface area contributed by atoms with Gasteiger partial charge in [-0.05, 0) is 42.2 Å². The highest BCUT2D eigenvalue weighted by molar-refractivity contribution is 7.98. The van der Waals surface area contributed by atoms with Gasteiger partial charge in [0.05, 0.1) is 16.6 Å². The Balaban J connectivity index is 1.87. The first-order valence-electron chi connectivity index (χ1n) is 9.84. The molecule has 3 aromatic carbocycles. The predicted octanol–water partition coefficient (Wildman–Crippen LogP) is 6.11. The summed E-state index contributed by atoms with van der Waals surface area (Å²) in [4.78, 5) is 18.4. The molecule has 0 aliphatic heterocycles. The summed E-state index contributed by atoms with van der Waals surface area (Å²) in [6.45, 7) is 6.39. The molecule has 0 unspecified atom stereocenters. The Morgan fingerprint density at radius 3 is 2.38 bits per heavy atom. The quantitative estimate of drug-likeness (QED) is 0.299. The van der Waals surface area contributed by atoms with Gasteiger partial charge in [-0.15, -0.1) is 0 Å². The molecule has 0 saturated carbocycles. The lowest BCUT2D eigenvalue weighted by molar-refractivity contribution is 0.780. The SMILES string of the molecule is Cc1ccc(CSc2nc3ccccc3c(=O)n2-c2ccccc2C(C)C)cc1. The molecule has 4 aromatic rings. The molecule has 4 heteroatoms. The molecule has 0 aliphatic carbocycles. The first-order valence-corrected chi connectivity index (χ1v) is 10.8. The van der Waals surface area contributed by atoms with Crippen LogP contribution in [0.15, 0.2) is 82.7 Å². The summed E-state index contributed by atoms with van der Waals surface area (Å²) in [6.07, 6.45) is 0. The molecule has 0 radical (unpaired) electrons. The summed E-state index contributed by atoms with van der Waals surface area (Å²) < 4.78 is 1.79. The number of thioether (sulfide) groups is 1. The maximum atomic E-state index is 13.5. The van der Waals surface area contributed by atoms with Gasteiger partial charge in [-0.25, -0.2) is 4.98 Å². The van der Waals surface area contributed by atoms with E-state index in [4.69, 9.17) is 4.98 Å². The van der Waals surface area contributed by atoms with Gasteiger partial charge in [0.25, 0.3) is 5.56 Å². The van der Waals surface area contributed by atoms with Crippen LogP contribution in [-0.2, 0) is 5.75 Å². The zero-order valence-corrected chi connectivity index (χ0v) is 17.7. The van der Waals surface area contributed by atoms with E-state index < -0.39 is 0 Å². The lowest BCUT2D eigenvalue weighted by atomic mass is 10.0. The maximum Gasteiger partial charge on any atom is 0.266 e. The summed E-state index contributed by atoms with van der Waals surface area (Å²) in [7, 11) is 0. The van der Waals surface area contributed by atoms with Gasteiger partial charge in [0, 0.05) is 5.75 Å². The van der Waals surface area contributed by atoms with Crippen LogP contribution in [0.1, 0.15) is 36.5 Å². The number of aryl methyl sites for hydroxylation is 1. The smallest absolute Gasteiger partial charge is 0.266 e. The standard InChI is InChI=1S/C25H24N2OS/c1-17(2)20-8-5-7-11-23(20)27-24(28)21-9-4-6-10-22(21)26-25(27)29-16-19-14-12-18(3)13-15-19/h4-15,17H,16H2,1-3H3. The van der Waals surface area contributed by atoms with E-state index in [0.717, 1.165) is 27.7 Å². The van der Waals surface area contributed by atoms with Crippen LogP contribution < -0.4 is 5.56 Å². The van der Waals surface area contributed by atoms with Gasteiger partial charge in [0.2, 0.25) is 0 Å². The number of benzene rings is 3. The van der Waals surface area contributed by atoms with Gasteiger partial charge in [-0.1, -0.05) is 85.8 Å². The van der Waals surface area contributed by atoms with E-state index >= 15 is 0 Å². The molecular weight excluding hydrogens is 376 g/mol. The lowest BCUT2D eigenvalue weighted by Crippen LogP contribution is -2.23. The Kier molecular flexibility index (Phi) is 5.54. The third-order valence-electron chi connectivity index (χ3n) is 5.03. The van der Waals surface area contributed by atoms with Crippen molar-refractivity contribution >= 4 is 22.7 Å². The molecule has 1 heterocycles.